The van der Waals surface area contributed by atoms with Gasteiger partial charge in [0.1, 0.15) is 11.9 Å². The Balaban J connectivity index is 1.74. The summed E-state index contributed by atoms with van der Waals surface area (Å²) in [7, 11) is 0. The summed E-state index contributed by atoms with van der Waals surface area (Å²) in [6, 6.07) is 4.63. The molecular weight excluding hydrogens is 345 g/mol. The molecule has 2 aliphatic rings. The van der Waals surface area contributed by atoms with Gasteiger partial charge in [0.25, 0.3) is 0 Å². The van der Waals surface area contributed by atoms with Crippen molar-refractivity contribution >= 4 is 35.1 Å². The topological polar surface area (TPSA) is 61.9 Å². The molecular formula is C17H18FN3O3S. The SMILES string of the molecule is CC(=O)NC[C@@H]1CN(c2ccc(N3C=CCSC=C3)c(F)c2)C(=O)O1. The van der Waals surface area contributed by atoms with Gasteiger partial charge in [-0.25, -0.2) is 9.18 Å². The van der Waals surface area contributed by atoms with Crippen molar-refractivity contribution in [2.75, 3.05) is 28.6 Å². The van der Waals surface area contributed by atoms with Gasteiger partial charge in [-0.3, -0.25) is 9.69 Å². The largest absolute Gasteiger partial charge is 0.442 e. The number of halogens is 1. The number of carbonyl (C=O) groups excluding carboxylic acids is 2. The molecule has 1 aromatic rings. The third-order valence-corrected chi connectivity index (χ3v) is 4.45. The van der Waals surface area contributed by atoms with Crippen molar-refractivity contribution in [1.82, 2.24) is 5.32 Å². The molecule has 1 aromatic carbocycles. The van der Waals surface area contributed by atoms with Gasteiger partial charge in [-0.15, -0.1) is 11.8 Å². The van der Waals surface area contributed by atoms with Crippen LogP contribution < -0.4 is 15.1 Å². The lowest BCUT2D eigenvalue weighted by Crippen LogP contribution is -2.33. The van der Waals surface area contributed by atoms with Gasteiger partial charge in [-0.2, -0.15) is 0 Å². The number of hydrogen-bond acceptors (Lipinski definition) is 5. The minimum atomic E-state index is -0.548. The van der Waals surface area contributed by atoms with Gasteiger partial charge < -0.3 is 15.0 Å². The number of anilines is 2. The van der Waals surface area contributed by atoms with Gasteiger partial charge in [-0.1, -0.05) is 6.08 Å². The van der Waals surface area contributed by atoms with Crippen molar-refractivity contribution in [2.24, 2.45) is 0 Å². The van der Waals surface area contributed by atoms with E-state index in [0.29, 0.717) is 11.4 Å². The maximum absolute atomic E-state index is 14.5. The summed E-state index contributed by atoms with van der Waals surface area (Å²) in [6.45, 7) is 1.89. The van der Waals surface area contributed by atoms with Crippen molar-refractivity contribution in [3.05, 3.63) is 47.9 Å². The Labute approximate surface area is 149 Å². The predicted octanol–water partition coefficient (Wildman–Crippen LogP) is 2.83. The first kappa shape index (κ1) is 17.3. The zero-order valence-corrected chi connectivity index (χ0v) is 14.5. The number of cyclic esters (lactones) is 1. The molecule has 0 spiro atoms. The third-order valence-electron chi connectivity index (χ3n) is 3.75. The molecule has 2 aliphatic heterocycles. The fourth-order valence-corrected chi connectivity index (χ4v) is 3.08. The Bertz CT molecular complexity index is 724. The van der Waals surface area contributed by atoms with Crippen molar-refractivity contribution in [3.8, 4) is 0 Å². The highest BCUT2D eigenvalue weighted by Crippen LogP contribution is 2.29. The molecule has 0 saturated carbocycles. The number of nitrogens with one attached hydrogen (secondary N) is 1. The van der Waals surface area contributed by atoms with Gasteiger partial charge in [0.2, 0.25) is 5.91 Å². The summed E-state index contributed by atoms with van der Waals surface area (Å²) in [5.74, 6) is 0.209. The second-order valence-corrected chi connectivity index (χ2v) is 6.54. The molecule has 0 bridgehead atoms. The molecule has 2 amide bonds. The van der Waals surface area contributed by atoms with Crippen molar-refractivity contribution < 1.29 is 18.7 Å². The van der Waals surface area contributed by atoms with Crippen molar-refractivity contribution in [1.29, 1.82) is 0 Å². The first-order chi connectivity index (χ1) is 12.0. The number of carbonyl (C=O) groups is 2. The Kier molecular flexibility index (Phi) is 5.28. The van der Waals surface area contributed by atoms with Crippen LogP contribution in [0.3, 0.4) is 0 Å². The van der Waals surface area contributed by atoms with Gasteiger partial charge in [0, 0.05) is 25.1 Å². The average Bonchev–Trinajstić information content (AvgIpc) is 2.78. The summed E-state index contributed by atoms with van der Waals surface area (Å²) < 4.78 is 19.7. The Morgan fingerprint density at radius 2 is 2.28 bits per heavy atom. The van der Waals surface area contributed by atoms with Crippen LogP contribution in [-0.2, 0) is 9.53 Å². The highest BCUT2D eigenvalue weighted by molar-refractivity contribution is 8.02. The normalized spacial score (nSPS) is 19.8. The molecule has 1 N–H and O–H groups in total. The highest BCUT2D eigenvalue weighted by atomic mass is 32.2. The molecule has 6 nitrogen and oxygen atoms in total. The standard InChI is InChI=1S/C17H18FN3O3S/c1-12(22)19-10-14-11-21(17(23)24-14)13-3-4-16(15(18)9-13)20-5-2-7-25-8-6-20/h2-6,8-9,14H,7,10-11H2,1H3,(H,19,22)/t14-/m1/s1. The Morgan fingerprint density at radius 1 is 1.44 bits per heavy atom. The summed E-state index contributed by atoms with van der Waals surface area (Å²) in [5, 5.41) is 4.51. The minimum absolute atomic E-state index is 0.193. The van der Waals surface area contributed by atoms with E-state index in [4.69, 9.17) is 4.74 Å². The maximum atomic E-state index is 14.5. The summed E-state index contributed by atoms with van der Waals surface area (Å²) in [4.78, 5) is 26.0. The lowest BCUT2D eigenvalue weighted by Gasteiger charge is -2.18. The summed E-state index contributed by atoms with van der Waals surface area (Å²) >= 11 is 1.62. The van der Waals surface area contributed by atoms with E-state index in [2.05, 4.69) is 5.32 Å². The number of rotatable bonds is 4. The fourth-order valence-electron chi connectivity index (χ4n) is 2.56. The van der Waals surface area contributed by atoms with Crippen LogP contribution in [0.15, 0.2) is 42.1 Å². The summed E-state index contributed by atoms with van der Waals surface area (Å²) in [5.41, 5.74) is 0.829. The average molecular weight is 363 g/mol. The maximum Gasteiger partial charge on any atom is 0.414 e. The van der Waals surface area contributed by atoms with E-state index in [0.717, 1.165) is 5.75 Å². The molecule has 0 aromatic heterocycles. The van der Waals surface area contributed by atoms with Crippen LogP contribution in [0.1, 0.15) is 6.92 Å². The van der Waals surface area contributed by atoms with Crippen LogP contribution in [0, 0.1) is 5.82 Å². The van der Waals surface area contributed by atoms with E-state index in [9.17, 15) is 14.0 Å². The predicted molar refractivity (Wildman–Crippen MR) is 95.9 cm³/mol. The number of nitrogens with zero attached hydrogens (tertiary/aromatic N) is 2. The van der Waals surface area contributed by atoms with Gasteiger partial charge in [-0.05, 0) is 23.6 Å². The molecule has 132 valence electrons. The van der Waals surface area contributed by atoms with Crippen molar-refractivity contribution in [2.45, 2.75) is 13.0 Å². The van der Waals surface area contributed by atoms with Crippen LogP contribution in [0.5, 0.6) is 0 Å². The third kappa shape index (κ3) is 4.14. The Morgan fingerprint density at radius 3 is 3.04 bits per heavy atom. The molecule has 1 saturated heterocycles. The van der Waals surface area contributed by atoms with E-state index in [1.165, 1.54) is 17.9 Å². The lowest BCUT2D eigenvalue weighted by molar-refractivity contribution is -0.119. The van der Waals surface area contributed by atoms with E-state index in [1.807, 2.05) is 17.7 Å². The zero-order chi connectivity index (χ0) is 17.8. The van der Waals surface area contributed by atoms with Crippen LogP contribution in [0.2, 0.25) is 0 Å². The van der Waals surface area contributed by atoms with Gasteiger partial charge in [0.05, 0.1) is 24.5 Å². The van der Waals surface area contributed by atoms with Crippen LogP contribution in [0.25, 0.3) is 0 Å². The first-order valence-electron chi connectivity index (χ1n) is 7.80. The Hall–Kier alpha value is -2.48. The molecule has 1 atom stereocenters. The van der Waals surface area contributed by atoms with E-state index >= 15 is 0 Å². The molecule has 2 heterocycles. The smallest absolute Gasteiger partial charge is 0.414 e. The zero-order valence-electron chi connectivity index (χ0n) is 13.6. The van der Waals surface area contributed by atoms with Crippen LogP contribution >= 0.6 is 11.8 Å². The van der Waals surface area contributed by atoms with Gasteiger partial charge >= 0.3 is 6.09 Å². The van der Waals surface area contributed by atoms with E-state index < -0.39 is 18.0 Å². The lowest BCUT2D eigenvalue weighted by atomic mass is 10.2. The molecule has 0 unspecified atom stereocenters. The molecule has 3 rings (SSSR count). The molecule has 0 radical (unpaired) electrons. The minimum Gasteiger partial charge on any atom is -0.442 e. The summed E-state index contributed by atoms with van der Waals surface area (Å²) in [6.07, 6.45) is 4.55. The monoisotopic (exact) mass is 363 g/mol. The number of benzene rings is 1. The number of ether oxygens (including phenoxy) is 1. The number of thioether (sulfide) groups is 1. The molecule has 1 fully saturated rings. The number of amides is 2. The molecule has 25 heavy (non-hydrogen) atoms. The van der Waals surface area contributed by atoms with Gasteiger partial charge in [0.15, 0.2) is 0 Å². The second kappa shape index (κ2) is 7.60. The first-order valence-corrected chi connectivity index (χ1v) is 8.85. The van der Waals surface area contributed by atoms with E-state index in [-0.39, 0.29) is 19.0 Å². The van der Waals surface area contributed by atoms with Crippen LogP contribution in [-0.4, -0.2) is 36.9 Å². The second-order valence-electron chi connectivity index (χ2n) is 5.60. The van der Waals surface area contributed by atoms with E-state index in [1.54, 1.807) is 35.0 Å². The quantitative estimate of drug-likeness (QED) is 0.891. The molecule has 8 heteroatoms. The number of hydrogen-bond donors (Lipinski definition) is 1. The molecule has 0 aliphatic carbocycles. The highest BCUT2D eigenvalue weighted by Gasteiger charge is 2.32. The fraction of sp³-hybridized carbons (Fsp3) is 0.294. The van der Waals surface area contributed by atoms with Crippen molar-refractivity contribution in [3.63, 3.8) is 0 Å². The van der Waals surface area contributed by atoms with Crippen LogP contribution in [0.4, 0.5) is 20.6 Å².